The Hall–Kier alpha value is 0.400. The third-order valence-electron chi connectivity index (χ3n) is 0.572. The van der Waals surface area contributed by atoms with Crippen LogP contribution in [0, 0.1) is 0 Å². The van der Waals surface area contributed by atoms with E-state index in [2.05, 4.69) is 24.4 Å². The quantitative estimate of drug-likeness (QED) is 0.434. The minimum Gasteiger partial charge on any atom is -0.385 e. The summed E-state index contributed by atoms with van der Waals surface area (Å²) in [6, 6.07) is 0. The Labute approximate surface area is 91.7 Å². The Bertz CT molecular complexity index is 123. The van der Waals surface area contributed by atoms with E-state index >= 15 is 0 Å². The van der Waals surface area contributed by atoms with Gasteiger partial charge in [-0.1, -0.05) is 48.0 Å². The first-order chi connectivity index (χ1) is 4.63. The molecule has 0 saturated carbocycles. The molecule has 0 atom stereocenters. The first kappa shape index (κ1) is 18.2. The zero-order valence-electron chi connectivity index (χ0n) is 6.62. The molecular weight excluding hydrogens is 232 g/mol. The molecule has 0 bridgehead atoms. The third-order valence-corrected chi connectivity index (χ3v) is 2.92. The average molecular weight is 246 g/mol. The maximum absolute atomic E-state index is 5.23. The van der Waals surface area contributed by atoms with Gasteiger partial charge in [-0.3, -0.25) is 0 Å². The molecule has 0 spiro atoms. The van der Waals surface area contributed by atoms with Crippen molar-refractivity contribution in [2.24, 2.45) is 11.5 Å². The number of thioether (sulfide) groups is 2. The summed E-state index contributed by atoms with van der Waals surface area (Å²) in [4.78, 5) is 0. The molecular formula is C4H14N4S4. The summed E-state index contributed by atoms with van der Waals surface area (Å²) in [7, 11) is 0. The van der Waals surface area contributed by atoms with Crippen LogP contribution in [-0.4, -0.2) is 20.1 Å². The Balaban J connectivity index is -0.000000405. The fourth-order valence-electron chi connectivity index (χ4n) is 0.285. The van der Waals surface area contributed by atoms with Crippen LogP contribution in [0.15, 0.2) is 0 Å². The minimum absolute atomic E-state index is 0. The average Bonchev–Trinajstić information content (AvgIpc) is 1.79. The molecule has 0 aromatic rings. The smallest absolute Gasteiger partial charge is 0.131 e. The van der Waals surface area contributed by atoms with Gasteiger partial charge in [-0.25, -0.2) is 0 Å². The van der Waals surface area contributed by atoms with Crippen LogP contribution in [0.3, 0.4) is 0 Å². The molecule has 8 heteroatoms. The van der Waals surface area contributed by atoms with Gasteiger partial charge in [0.25, 0.3) is 0 Å². The third kappa shape index (κ3) is 16.8. The molecule has 0 radical (unpaired) electrons. The molecule has 4 nitrogen and oxygen atoms in total. The van der Waals surface area contributed by atoms with E-state index in [1.165, 1.54) is 23.5 Å². The lowest BCUT2D eigenvalue weighted by Crippen LogP contribution is -2.06. The van der Waals surface area contributed by atoms with Crippen molar-refractivity contribution in [3.05, 3.63) is 0 Å². The van der Waals surface area contributed by atoms with Crippen LogP contribution < -0.4 is 23.8 Å². The van der Waals surface area contributed by atoms with E-state index in [0.29, 0.717) is 8.64 Å². The molecule has 0 aliphatic carbocycles. The maximum atomic E-state index is 5.23. The van der Waals surface area contributed by atoms with Gasteiger partial charge in [0.2, 0.25) is 0 Å². The van der Waals surface area contributed by atoms with Crippen LogP contribution in [0.1, 0.15) is 0 Å². The molecule has 10 N–H and O–H groups in total. The van der Waals surface area contributed by atoms with Crippen molar-refractivity contribution >= 4 is 56.6 Å². The van der Waals surface area contributed by atoms with Crippen LogP contribution in [0.25, 0.3) is 0 Å². The highest BCUT2D eigenvalue weighted by atomic mass is 32.2. The molecule has 0 aliphatic rings. The molecule has 0 rings (SSSR count). The summed E-state index contributed by atoms with van der Waals surface area (Å²) in [5, 5.41) is 0. The zero-order chi connectivity index (χ0) is 7.98. The molecule has 0 aliphatic heterocycles. The number of hydrogen-bond acceptors (Lipinski definition) is 6. The Morgan fingerprint density at radius 2 is 1.17 bits per heavy atom. The molecule has 0 unspecified atom stereocenters. The van der Waals surface area contributed by atoms with Crippen molar-refractivity contribution in [3.8, 4) is 0 Å². The van der Waals surface area contributed by atoms with Crippen molar-refractivity contribution < 1.29 is 0 Å². The summed E-state index contributed by atoms with van der Waals surface area (Å²) in [5.41, 5.74) is 10.5. The molecule has 0 amide bonds. The lowest BCUT2D eigenvalue weighted by Gasteiger charge is -1.96. The van der Waals surface area contributed by atoms with E-state index in [1.807, 2.05) is 0 Å². The van der Waals surface area contributed by atoms with Gasteiger partial charge in [-0.2, -0.15) is 0 Å². The van der Waals surface area contributed by atoms with Gasteiger partial charge in [-0.05, 0) is 0 Å². The topological polar surface area (TPSA) is 122 Å². The van der Waals surface area contributed by atoms with Crippen LogP contribution in [-0.2, 0) is 0 Å². The zero-order valence-corrected chi connectivity index (χ0v) is 9.88. The molecule has 0 aromatic carbocycles. The van der Waals surface area contributed by atoms with E-state index < -0.39 is 0 Å². The van der Waals surface area contributed by atoms with E-state index in [9.17, 15) is 0 Å². The molecule has 0 saturated heterocycles. The van der Waals surface area contributed by atoms with Crippen molar-refractivity contribution in [3.63, 3.8) is 0 Å². The first-order valence-corrected chi connectivity index (χ1v) is 5.26. The number of hydrogen-bond donors (Lipinski definition) is 4. The van der Waals surface area contributed by atoms with Crippen molar-refractivity contribution in [1.29, 1.82) is 0 Å². The Morgan fingerprint density at radius 1 is 0.917 bits per heavy atom. The summed E-state index contributed by atoms with van der Waals surface area (Å²) < 4.78 is 0.951. The normalized spacial score (nSPS) is 7.67. The molecule has 74 valence electrons. The lowest BCUT2D eigenvalue weighted by molar-refractivity contribution is 1.57. The highest BCUT2D eigenvalue weighted by molar-refractivity contribution is 8.25. The van der Waals surface area contributed by atoms with Crippen molar-refractivity contribution in [2.45, 2.75) is 0 Å². The monoisotopic (exact) mass is 246 g/mol. The Morgan fingerprint density at radius 3 is 1.33 bits per heavy atom. The fraction of sp³-hybridized carbons (Fsp3) is 0.500. The van der Waals surface area contributed by atoms with Gasteiger partial charge in [0.15, 0.2) is 0 Å². The van der Waals surface area contributed by atoms with Crippen molar-refractivity contribution in [2.75, 3.05) is 11.5 Å². The Kier molecular flexibility index (Phi) is 17.3. The molecule has 0 aromatic heterocycles. The molecule has 0 heterocycles. The summed E-state index contributed by atoms with van der Waals surface area (Å²) in [6.45, 7) is 0. The van der Waals surface area contributed by atoms with E-state index in [4.69, 9.17) is 11.5 Å². The van der Waals surface area contributed by atoms with E-state index in [-0.39, 0.29) is 12.3 Å². The summed E-state index contributed by atoms with van der Waals surface area (Å²) in [6.07, 6.45) is 0. The number of rotatable bonds is 3. The molecule has 12 heavy (non-hydrogen) atoms. The first-order valence-electron chi connectivity index (χ1n) is 2.47. The van der Waals surface area contributed by atoms with Gasteiger partial charge in [0, 0.05) is 11.5 Å². The molecule has 0 fully saturated rings. The van der Waals surface area contributed by atoms with E-state index in [1.54, 1.807) is 0 Å². The van der Waals surface area contributed by atoms with Crippen molar-refractivity contribution in [1.82, 2.24) is 12.3 Å². The highest BCUT2D eigenvalue weighted by Crippen LogP contribution is 2.06. The van der Waals surface area contributed by atoms with Gasteiger partial charge in [0.05, 0.1) is 0 Å². The van der Waals surface area contributed by atoms with Crippen LogP contribution in [0.2, 0.25) is 0 Å². The second-order valence-corrected chi connectivity index (χ2v) is 5.00. The van der Waals surface area contributed by atoms with Crippen LogP contribution in [0.4, 0.5) is 0 Å². The number of thiocarbonyl (C=S) groups is 2. The maximum Gasteiger partial charge on any atom is 0.131 e. The van der Waals surface area contributed by atoms with Gasteiger partial charge in [0.1, 0.15) is 8.64 Å². The predicted octanol–water partition coefficient (Wildman–Crippen LogP) is 1.26. The second-order valence-electron chi connectivity index (χ2n) is 1.33. The largest absolute Gasteiger partial charge is 0.385 e. The van der Waals surface area contributed by atoms with Gasteiger partial charge in [-0.15, -0.1) is 0 Å². The lowest BCUT2D eigenvalue weighted by atomic mass is 11.0. The van der Waals surface area contributed by atoms with Gasteiger partial charge >= 0.3 is 0 Å². The number of nitrogens with two attached hydrogens (primary N) is 2. The predicted molar refractivity (Wildman–Crippen MR) is 68.5 cm³/mol. The highest BCUT2D eigenvalue weighted by Gasteiger charge is 1.92. The van der Waals surface area contributed by atoms with Crippen LogP contribution >= 0.6 is 48.0 Å². The fourth-order valence-corrected chi connectivity index (χ4v) is 1.85. The summed E-state index contributed by atoms with van der Waals surface area (Å²) in [5.74, 6) is 1.74. The SMILES string of the molecule is N.N.NC(=S)SCCSC(N)=S. The van der Waals surface area contributed by atoms with Gasteiger partial charge < -0.3 is 23.8 Å². The second kappa shape index (κ2) is 11.4. The summed E-state index contributed by atoms with van der Waals surface area (Å²) >= 11 is 12.2. The minimum atomic E-state index is 0. The standard InChI is InChI=1S/C4H8N2S4.2H3N/c5-3(7)9-1-2-10-4(6)8;;/h1-2H2,(H2,5,7)(H2,6,8);2*1H3. The van der Waals surface area contributed by atoms with E-state index in [0.717, 1.165) is 11.5 Å². The van der Waals surface area contributed by atoms with Crippen LogP contribution in [0.5, 0.6) is 0 Å².